The summed E-state index contributed by atoms with van der Waals surface area (Å²) < 4.78 is 24.1. The zero-order valence-electron chi connectivity index (χ0n) is 12.5. The van der Waals surface area contributed by atoms with Crippen molar-refractivity contribution in [1.82, 2.24) is 0 Å². The number of aryl methyl sites for hydroxylation is 1. The fourth-order valence-electron chi connectivity index (χ4n) is 2.25. The van der Waals surface area contributed by atoms with E-state index >= 15 is 0 Å². The van der Waals surface area contributed by atoms with Crippen LogP contribution in [0, 0.1) is 6.92 Å². The average molecular weight is 303 g/mol. The molecule has 0 bridgehead atoms. The van der Waals surface area contributed by atoms with E-state index in [1.165, 1.54) is 11.1 Å². The lowest BCUT2D eigenvalue weighted by Crippen LogP contribution is -2.11. The van der Waals surface area contributed by atoms with Crippen LogP contribution in [0.1, 0.15) is 18.1 Å². The maximum Gasteiger partial charge on any atom is 0.180 e. The first-order chi connectivity index (χ1) is 10.0. The molecular weight excluding hydrogens is 282 g/mol. The molecule has 0 amide bonds. The van der Waals surface area contributed by atoms with Gasteiger partial charge in [0.15, 0.2) is 9.84 Å². The molecule has 0 unspecified atom stereocenters. The van der Waals surface area contributed by atoms with Crippen molar-refractivity contribution in [2.24, 2.45) is 0 Å². The van der Waals surface area contributed by atoms with Crippen molar-refractivity contribution in [2.45, 2.75) is 25.2 Å². The van der Waals surface area contributed by atoms with E-state index in [4.69, 9.17) is 0 Å². The van der Waals surface area contributed by atoms with Gasteiger partial charge in [0, 0.05) is 6.54 Å². The zero-order chi connectivity index (χ0) is 15.3. The van der Waals surface area contributed by atoms with Gasteiger partial charge in [-0.15, -0.1) is 0 Å². The third-order valence-corrected chi connectivity index (χ3v) is 5.20. The molecule has 0 aliphatic heterocycles. The third-order valence-electron chi connectivity index (χ3n) is 3.41. The van der Waals surface area contributed by atoms with Crippen LogP contribution in [0.2, 0.25) is 0 Å². The highest BCUT2D eigenvalue weighted by molar-refractivity contribution is 7.91. The quantitative estimate of drug-likeness (QED) is 0.889. The zero-order valence-corrected chi connectivity index (χ0v) is 13.3. The maximum atomic E-state index is 12.1. The van der Waals surface area contributed by atoms with E-state index in [0.29, 0.717) is 17.1 Å². The van der Waals surface area contributed by atoms with Crippen molar-refractivity contribution in [3.8, 4) is 0 Å². The van der Waals surface area contributed by atoms with Gasteiger partial charge in [0.05, 0.1) is 16.3 Å². The number of hydrogen-bond donors (Lipinski definition) is 1. The predicted molar refractivity (Wildman–Crippen MR) is 87.5 cm³/mol. The predicted octanol–water partition coefficient (Wildman–Crippen LogP) is 3.44. The normalized spacial score (nSPS) is 11.3. The molecule has 2 rings (SSSR count). The highest BCUT2D eigenvalue weighted by Gasteiger charge is 2.15. The molecule has 3 nitrogen and oxygen atoms in total. The van der Waals surface area contributed by atoms with Gasteiger partial charge in [0.1, 0.15) is 0 Å². The van der Waals surface area contributed by atoms with Gasteiger partial charge in [-0.05, 0) is 31.0 Å². The largest absolute Gasteiger partial charge is 0.384 e. The fraction of sp³-hybridized carbons (Fsp3) is 0.294. The van der Waals surface area contributed by atoms with Crippen LogP contribution in [0.5, 0.6) is 0 Å². The van der Waals surface area contributed by atoms with E-state index in [0.717, 1.165) is 6.42 Å². The molecule has 2 aromatic rings. The van der Waals surface area contributed by atoms with Crippen LogP contribution < -0.4 is 5.32 Å². The second-order valence-corrected chi connectivity index (χ2v) is 7.31. The van der Waals surface area contributed by atoms with Crippen molar-refractivity contribution in [3.05, 3.63) is 59.7 Å². The summed E-state index contributed by atoms with van der Waals surface area (Å²) >= 11 is 0. The molecule has 4 heteroatoms. The van der Waals surface area contributed by atoms with Crippen LogP contribution in [0.3, 0.4) is 0 Å². The minimum Gasteiger partial charge on any atom is -0.384 e. The molecule has 0 fully saturated rings. The molecular formula is C17H21NO2S. The summed E-state index contributed by atoms with van der Waals surface area (Å²) in [6, 6.07) is 15.4. The van der Waals surface area contributed by atoms with Crippen molar-refractivity contribution in [1.29, 1.82) is 0 Å². The molecule has 112 valence electrons. The van der Waals surface area contributed by atoms with Gasteiger partial charge in [0.25, 0.3) is 0 Å². The fourth-order valence-corrected chi connectivity index (χ4v) is 3.32. The summed E-state index contributed by atoms with van der Waals surface area (Å²) in [5.74, 6) is 0.115. The van der Waals surface area contributed by atoms with Crippen LogP contribution in [-0.2, 0) is 16.3 Å². The van der Waals surface area contributed by atoms with E-state index in [1.807, 2.05) is 18.2 Å². The van der Waals surface area contributed by atoms with Gasteiger partial charge >= 0.3 is 0 Å². The first kappa shape index (κ1) is 15.6. The van der Waals surface area contributed by atoms with Gasteiger partial charge in [-0.25, -0.2) is 8.42 Å². The number of para-hydroxylation sites is 1. The lowest BCUT2D eigenvalue weighted by molar-refractivity contribution is 0.597. The van der Waals surface area contributed by atoms with E-state index in [9.17, 15) is 8.42 Å². The van der Waals surface area contributed by atoms with Crippen LogP contribution in [0.15, 0.2) is 53.4 Å². The Morgan fingerprint density at radius 2 is 1.81 bits per heavy atom. The third kappa shape index (κ3) is 4.08. The van der Waals surface area contributed by atoms with Crippen LogP contribution in [0.25, 0.3) is 0 Å². The number of nitrogens with one attached hydrogen (secondary N) is 1. The maximum absolute atomic E-state index is 12.1. The molecule has 21 heavy (non-hydrogen) atoms. The first-order valence-electron chi connectivity index (χ1n) is 7.14. The van der Waals surface area contributed by atoms with Gasteiger partial charge in [-0.1, -0.05) is 48.9 Å². The van der Waals surface area contributed by atoms with E-state index in [1.54, 1.807) is 19.1 Å². The Morgan fingerprint density at radius 3 is 2.52 bits per heavy atom. The van der Waals surface area contributed by atoms with Gasteiger partial charge in [0.2, 0.25) is 0 Å². The Labute approximate surface area is 126 Å². The average Bonchev–Trinajstić information content (AvgIpc) is 2.48. The SMILES string of the molecule is CCS(=O)(=O)c1ccccc1NCCc1cccc(C)c1. The van der Waals surface area contributed by atoms with Crippen LogP contribution in [0.4, 0.5) is 5.69 Å². The van der Waals surface area contributed by atoms with E-state index in [2.05, 4.69) is 30.4 Å². The van der Waals surface area contributed by atoms with Gasteiger partial charge < -0.3 is 5.32 Å². The van der Waals surface area contributed by atoms with Crippen molar-refractivity contribution in [3.63, 3.8) is 0 Å². The molecule has 0 heterocycles. The Hall–Kier alpha value is -1.81. The summed E-state index contributed by atoms with van der Waals surface area (Å²) in [7, 11) is -3.19. The Bertz CT molecular complexity index is 708. The number of sulfone groups is 1. The standard InChI is InChI=1S/C17H21NO2S/c1-3-21(19,20)17-10-5-4-9-16(17)18-12-11-15-8-6-7-14(2)13-15/h4-10,13,18H,3,11-12H2,1-2H3. The Balaban J connectivity index is 2.07. The Kier molecular flexibility index (Phi) is 5.02. The molecule has 1 N–H and O–H groups in total. The molecule has 0 aliphatic carbocycles. The summed E-state index contributed by atoms with van der Waals surface area (Å²) in [5, 5.41) is 3.24. The monoisotopic (exact) mass is 303 g/mol. The molecule has 0 aliphatic rings. The molecule has 0 aromatic heterocycles. The van der Waals surface area contributed by atoms with E-state index < -0.39 is 9.84 Å². The smallest absolute Gasteiger partial charge is 0.180 e. The minimum absolute atomic E-state index is 0.115. The number of rotatable bonds is 6. The van der Waals surface area contributed by atoms with Crippen molar-refractivity contribution in [2.75, 3.05) is 17.6 Å². The molecule has 0 radical (unpaired) electrons. The number of benzene rings is 2. The second kappa shape index (κ2) is 6.76. The molecule has 2 aromatic carbocycles. The minimum atomic E-state index is -3.19. The van der Waals surface area contributed by atoms with Crippen molar-refractivity contribution < 1.29 is 8.42 Å². The molecule has 0 atom stereocenters. The van der Waals surface area contributed by atoms with Gasteiger partial charge in [-0.2, -0.15) is 0 Å². The highest BCUT2D eigenvalue weighted by atomic mass is 32.2. The number of anilines is 1. The lowest BCUT2D eigenvalue weighted by atomic mass is 10.1. The highest BCUT2D eigenvalue weighted by Crippen LogP contribution is 2.21. The summed E-state index contributed by atoms with van der Waals surface area (Å²) in [6.45, 7) is 4.44. The number of hydrogen-bond acceptors (Lipinski definition) is 3. The van der Waals surface area contributed by atoms with Crippen LogP contribution >= 0.6 is 0 Å². The van der Waals surface area contributed by atoms with E-state index in [-0.39, 0.29) is 5.75 Å². The molecule has 0 saturated heterocycles. The topological polar surface area (TPSA) is 46.2 Å². The summed E-state index contributed by atoms with van der Waals surface area (Å²) in [5.41, 5.74) is 3.17. The Morgan fingerprint density at radius 1 is 1.05 bits per heavy atom. The molecule has 0 saturated carbocycles. The molecule has 0 spiro atoms. The first-order valence-corrected chi connectivity index (χ1v) is 8.79. The van der Waals surface area contributed by atoms with Gasteiger partial charge in [-0.3, -0.25) is 0 Å². The second-order valence-electron chi connectivity index (χ2n) is 5.07. The van der Waals surface area contributed by atoms with Crippen molar-refractivity contribution >= 4 is 15.5 Å². The summed E-state index contributed by atoms with van der Waals surface area (Å²) in [6.07, 6.45) is 0.863. The lowest BCUT2D eigenvalue weighted by Gasteiger charge is -2.12. The summed E-state index contributed by atoms with van der Waals surface area (Å²) in [4.78, 5) is 0.386. The van der Waals surface area contributed by atoms with Crippen LogP contribution in [-0.4, -0.2) is 20.7 Å².